The predicted molar refractivity (Wildman–Crippen MR) is 79.8 cm³/mol. The maximum Gasteiger partial charge on any atom is 0.346 e. The van der Waals surface area contributed by atoms with Gasteiger partial charge in [0.15, 0.2) is 0 Å². The molecule has 0 aromatic carbocycles. The average Bonchev–Trinajstić information content (AvgIpc) is 2.37. The van der Waals surface area contributed by atoms with Crippen molar-refractivity contribution in [2.75, 3.05) is 12.8 Å². The highest BCUT2D eigenvalue weighted by molar-refractivity contribution is 7.98. The van der Waals surface area contributed by atoms with Gasteiger partial charge in [-0.1, -0.05) is 0 Å². The van der Waals surface area contributed by atoms with Crippen molar-refractivity contribution < 1.29 is 14.7 Å². The lowest BCUT2D eigenvalue weighted by Crippen LogP contribution is -2.53. The molecule has 0 saturated carbocycles. The van der Waals surface area contributed by atoms with Crippen LogP contribution < -0.4 is 5.69 Å². The zero-order valence-corrected chi connectivity index (χ0v) is 13.5. The number of nitrogens with zero attached hydrogens (tertiary/aromatic N) is 2. The number of thioether (sulfide) groups is 1. The van der Waals surface area contributed by atoms with E-state index in [9.17, 15) is 19.5 Å². The largest absolute Gasteiger partial charge is 0.480 e. The smallest absolute Gasteiger partial charge is 0.346 e. The molecule has 116 valence electrons. The zero-order valence-electron chi connectivity index (χ0n) is 12.7. The number of aromatic nitrogens is 2. The molecule has 0 unspecified atom stereocenters. The highest BCUT2D eigenvalue weighted by Gasteiger charge is 2.38. The van der Waals surface area contributed by atoms with Crippen molar-refractivity contribution in [1.82, 2.24) is 14.9 Å². The number of aromatic amines is 1. The number of carboxylic acids is 1. The Labute approximate surface area is 126 Å². The lowest BCUT2D eigenvalue weighted by Gasteiger charge is -2.34. The molecule has 0 spiro atoms. The maximum atomic E-state index is 12.7. The summed E-state index contributed by atoms with van der Waals surface area (Å²) in [6, 6.07) is 0. The average molecular weight is 313 g/mol. The second kappa shape index (κ2) is 6.30. The fraction of sp³-hybridized carbons (Fsp3) is 0.538. The third-order valence-electron chi connectivity index (χ3n) is 3.25. The lowest BCUT2D eigenvalue weighted by molar-refractivity contribution is -0.147. The molecule has 0 radical (unpaired) electrons. The fourth-order valence-electron chi connectivity index (χ4n) is 2.00. The van der Waals surface area contributed by atoms with Crippen molar-refractivity contribution >= 4 is 23.6 Å². The molecule has 0 aliphatic rings. The van der Waals surface area contributed by atoms with Gasteiger partial charge in [0.2, 0.25) is 0 Å². The number of aliphatic carboxylic acids is 1. The molecular formula is C13H19N3O4S. The Kier molecular flexibility index (Phi) is 5.16. The third-order valence-corrected chi connectivity index (χ3v) is 3.94. The molecule has 1 aromatic heterocycles. The van der Waals surface area contributed by atoms with Crippen LogP contribution in [-0.2, 0) is 4.79 Å². The summed E-state index contributed by atoms with van der Waals surface area (Å²) in [5.74, 6) is -1.56. The monoisotopic (exact) mass is 313 g/mol. The fourth-order valence-corrected chi connectivity index (χ4v) is 2.62. The summed E-state index contributed by atoms with van der Waals surface area (Å²) >= 11 is 1.17. The van der Waals surface area contributed by atoms with Gasteiger partial charge in [0.1, 0.15) is 10.6 Å². The van der Waals surface area contributed by atoms with Crippen molar-refractivity contribution in [3.8, 4) is 0 Å². The van der Waals surface area contributed by atoms with Crippen molar-refractivity contribution in [3.05, 3.63) is 21.7 Å². The number of likely N-dealkylation sites (N-methyl/N-ethyl adjacent to an activating group) is 1. The molecule has 0 bridgehead atoms. The number of carbonyl (C=O) groups excluding carboxylic acids is 1. The molecule has 1 rings (SSSR count). The Morgan fingerprint density at radius 3 is 2.43 bits per heavy atom. The van der Waals surface area contributed by atoms with Crippen LogP contribution in [0.15, 0.2) is 9.82 Å². The SMILES string of the molecule is CCN(C(=O)c1c(SC)nc(=O)[nH]c1C)C(C)(C)C(=O)O. The quantitative estimate of drug-likeness (QED) is 0.624. The molecule has 7 nitrogen and oxygen atoms in total. The Morgan fingerprint density at radius 1 is 1.43 bits per heavy atom. The van der Waals surface area contributed by atoms with Crippen molar-refractivity contribution in [1.29, 1.82) is 0 Å². The highest BCUT2D eigenvalue weighted by atomic mass is 32.2. The molecular weight excluding hydrogens is 294 g/mol. The number of hydrogen-bond donors (Lipinski definition) is 2. The van der Waals surface area contributed by atoms with E-state index in [1.165, 1.54) is 30.5 Å². The van der Waals surface area contributed by atoms with Crippen LogP contribution in [0, 0.1) is 6.92 Å². The van der Waals surface area contributed by atoms with Gasteiger partial charge in [-0.2, -0.15) is 4.98 Å². The molecule has 1 aromatic rings. The molecule has 0 aliphatic carbocycles. The number of amides is 1. The topological polar surface area (TPSA) is 103 Å². The Hall–Kier alpha value is -1.83. The minimum Gasteiger partial charge on any atom is -0.480 e. The van der Waals surface area contributed by atoms with E-state index < -0.39 is 23.1 Å². The Bertz CT molecular complexity index is 624. The van der Waals surface area contributed by atoms with Crippen LogP contribution in [0.3, 0.4) is 0 Å². The summed E-state index contributed by atoms with van der Waals surface area (Å²) in [6.07, 6.45) is 1.70. The number of carboxylic acid groups (broad SMARTS) is 1. The van der Waals surface area contributed by atoms with Crippen LogP contribution >= 0.6 is 11.8 Å². The van der Waals surface area contributed by atoms with E-state index in [1.54, 1.807) is 20.1 Å². The van der Waals surface area contributed by atoms with Crippen molar-refractivity contribution in [3.63, 3.8) is 0 Å². The van der Waals surface area contributed by atoms with E-state index in [1.807, 2.05) is 0 Å². The van der Waals surface area contributed by atoms with E-state index in [2.05, 4.69) is 9.97 Å². The van der Waals surface area contributed by atoms with E-state index in [0.717, 1.165) is 0 Å². The molecule has 0 saturated heterocycles. The molecule has 0 fully saturated rings. The molecule has 0 aliphatic heterocycles. The van der Waals surface area contributed by atoms with E-state index in [-0.39, 0.29) is 12.1 Å². The number of hydrogen-bond acceptors (Lipinski definition) is 5. The van der Waals surface area contributed by atoms with Crippen LogP contribution in [0.2, 0.25) is 0 Å². The minimum absolute atomic E-state index is 0.227. The first kappa shape index (κ1) is 17.2. The van der Waals surface area contributed by atoms with Gasteiger partial charge in [-0.15, -0.1) is 11.8 Å². The van der Waals surface area contributed by atoms with Crippen LogP contribution in [0.5, 0.6) is 0 Å². The second-order valence-electron chi connectivity index (χ2n) is 4.96. The summed E-state index contributed by atoms with van der Waals surface area (Å²) in [5.41, 5.74) is -1.28. The zero-order chi connectivity index (χ0) is 16.4. The Balaban J connectivity index is 3.43. The van der Waals surface area contributed by atoms with E-state index in [4.69, 9.17) is 0 Å². The normalized spacial score (nSPS) is 11.3. The minimum atomic E-state index is -1.36. The standard InChI is InChI=1S/C13H19N3O4S/c1-6-16(13(3,4)11(18)19)10(17)8-7(2)14-12(20)15-9(8)21-5/h6H2,1-5H3,(H,18,19)(H,14,15,20). The van der Waals surface area contributed by atoms with E-state index in [0.29, 0.717) is 10.7 Å². The van der Waals surface area contributed by atoms with E-state index >= 15 is 0 Å². The first-order valence-electron chi connectivity index (χ1n) is 6.37. The van der Waals surface area contributed by atoms with Gasteiger partial charge in [-0.05, 0) is 34.0 Å². The van der Waals surface area contributed by atoms with Crippen LogP contribution in [-0.4, -0.2) is 50.2 Å². The van der Waals surface area contributed by atoms with Crippen molar-refractivity contribution in [2.24, 2.45) is 0 Å². The number of carbonyl (C=O) groups is 2. The molecule has 2 N–H and O–H groups in total. The van der Waals surface area contributed by atoms with Crippen LogP contribution in [0.1, 0.15) is 36.8 Å². The van der Waals surface area contributed by atoms with Gasteiger partial charge < -0.3 is 15.0 Å². The first-order valence-corrected chi connectivity index (χ1v) is 7.59. The molecule has 8 heteroatoms. The van der Waals surface area contributed by atoms with Gasteiger partial charge in [0.05, 0.1) is 5.56 Å². The van der Waals surface area contributed by atoms with Gasteiger partial charge in [0.25, 0.3) is 5.91 Å². The van der Waals surface area contributed by atoms with Gasteiger partial charge >= 0.3 is 11.7 Å². The molecule has 1 heterocycles. The second-order valence-corrected chi connectivity index (χ2v) is 5.76. The summed E-state index contributed by atoms with van der Waals surface area (Å²) in [5, 5.41) is 9.60. The highest BCUT2D eigenvalue weighted by Crippen LogP contribution is 2.24. The van der Waals surface area contributed by atoms with Gasteiger partial charge in [-0.25, -0.2) is 9.59 Å². The summed E-state index contributed by atoms with van der Waals surface area (Å²) in [6.45, 7) is 6.45. The summed E-state index contributed by atoms with van der Waals surface area (Å²) in [4.78, 5) is 43.0. The van der Waals surface area contributed by atoms with Crippen molar-refractivity contribution in [2.45, 2.75) is 38.3 Å². The van der Waals surface area contributed by atoms with Crippen LogP contribution in [0.25, 0.3) is 0 Å². The molecule has 0 atom stereocenters. The summed E-state index contributed by atoms with van der Waals surface area (Å²) in [7, 11) is 0. The third kappa shape index (κ3) is 3.26. The van der Waals surface area contributed by atoms with Crippen LogP contribution in [0.4, 0.5) is 0 Å². The number of nitrogens with one attached hydrogen (secondary N) is 1. The lowest BCUT2D eigenvalue weighted by atomic mass is 10.0. The molecule has 1 amide bonds. The number of H-pyrrole nitrogens is 1. The number of rotatable bonds is 5. The molecule has 21 heavy (non-hydrogen) atoms. The Morgan fingerprint density at radius 2 is 2.00 bits per heavy atom. The number of aryl methyl sites for hydroxylation is 1. The first-order chi connectivity index (χ1) is 9.66. The van der Waals surface area contributed by atoms with Gasteiger partial charge in [-0.3, -0.25) is 4.79 Å². The summed E-state index contributed by atoms with van der Waals surface area (Å²) < 4.78 is 0. The maximum absolute atomic E-state index is 12.7. The van der Waals surface area contributed by atoms with Gasteiger partial charge in [0, 0.05) is 12.2 Å². The predicted octanol–water partition coefficient (Wildman–Crippen LogP) is 1.13.